The number of thiophene rings is 1. The van der Waals surface area contributed by atoms with E-state index in [0.29, 0.717) is 17.0 Å². The van der Waals surface area contributed by atoms with Crippen LogP contribution in [0.4, 0.5) is 5.69 Å². The lowest BCUT2D eigenvalue weighted by molar-refractivity contribution is 0.0476. The molecule has 4 nitrogen and oxygen atoms in total. The Kier molecular flexibility index (Phi) is 5.81. The molecular formula is C21H19NO3S. The van der Waals surface area contributed by atoms with Crippen molar-refractivity contribution in [3.05, 3.63) is 87.6 Å². The molecule has 2 aromatic carbocycles. The normalized spacial score (nSPS) is 10.3. The van der Waals surface area contributed by atoms with Gasteiger partial charge in [-0.15, -0.1) is 11.3 Å². The van der Waals surface area contributed by atoms with Crippen molar-refractivity contribution in [2.75, 3.05) is 11.9 Å². The molecule has 0 aliphatic rings. The molecule has 1 aromatic heterocycles. The summed E-state index contributed by atoms with van der Waals surface area (Å²) in [6.45, 7) is 2.48. The van der Waals surface area contributed by atoms with Crippen LogP contribution in [-0.4, -0.2) is 18.4 Å². The van der Waals surface area contributed by atoms with Crippen LogP contribution >= 0.6 is 11.3 Å². The second-order valence-electron chi connectivity index (χ2n) is 5.84. The number of esters is 1. The minimum absolute atomic E-state index is 0.188. The van der Waals surface area contributed by atoms with Crippen LogP contribution in [0.25, 0.3) is 0 Å². The Morgan fingerprint density at radius 1 is 1.00 bits per heavy atom. The van der Waals surface area contributed by atoms with Crippen LogP contribution in [0, 0.1) is 6.92 Å². The number of para-hydroxylation sites is 1. The predicted molar refractivity (Wildman–Crippen MR) is 104 cm³/mol. The number of aryl methyl sites for hydroxylation is 1. The molecule has 0 aliphatic carbocycles. The van der Waals surface area contributed by atoms with Crippen molar-refractivity contribution in [1.29, 1.82) is 0 Å². The Balaban J connectivity index is 1.52. The van der Waals surface area contributed by atoms with Crippen LogP contribution in [0.3, 0.4) is 0 Å². The Bertz CT molecular complexity index is 886. The van der Waals surface area contributed by atoms with E-state index in [1.54, 1.807) is 24.3 Å². The molecule has 132 valence electrons. The van der Waals surface area contributed by atoms with E-state index in [1.807, 2.05) is 35.7 Å². The summed E-state index contributed by atoms with van der Waals surface area (Å²) in [5.41, 5.74) is 3.76. The molecular weight excluding hydrogens is 346 g/mol. The number of ketones is 1. The fraction of sp³-hybridized carbons (Fsp3) is 0.143. The summed E-state index contributed by atoms with van der Waals surface area (Å²) in [6.07, 6.45) is 0. The molecule has 26 heavy (non-hydrogen) atoms. The molecule has 1 N–H and O–H groups in total. The van der Waals surface area contributed by atoms with Gasteiger partial charge in [0.1, 0.15) is 0 Å². The van der Waals surface area contributed by atoms with Crippen LogP contribution in [0.15, 0.2) is 66.0 Å². The average molecular weight is 365 g/mol. The van der Waals surface area contributed by atoms with Gasteiger partial charge in [-0.2, -0.15) is 0 Å². The van der Waals surface area contributed by atoms with Gasteiger partial charge in [-0.25, -0.2) is 4.79 Å². The molecule has 0 unspecified atom stereocenters. The average Bonchev–Trinajstić information content (AvgIpc) is 3.20. The molecule has 0 radical (unpaired) electrons. The van der Waals surface area contributed by atoms with E-state index in [2.05, 4.69) is 18.3 Å². The first-order valence-electron chi connectivity index (χ1n) is 8.26. The van der Waals surface area contributed by atoms with Gasteiger partial charge in [-0.05, 0) is 47.7 Å². The Labute approximate surface area is 156 Å². The third-order valence-corrected chi connectivity index (χ3v) is 4.86. The number of anilines is 1. The van der Waals surface area contributed by atoms with Gasteiger partial charge in [0.25, 0.3) is 0 Å². The van der Waals surface area contributed by atoms with E-state index in [0.717, 1.165) is 11.3 Å². The van der Waals surface area contributed by atoms with Gasteiger partial charge in [0.2, 0.25) is 5.78 Å². The summed E-state index contributed by atoms with van der Waals surface area (Å²) in [6, 6.07) is 18.8. The largest absolute Gasteiger partial charge is 0.454 e. The number of hydrogen-bond donors (Lipinski definition) is 1. The van der Waals surface area contributed by atoms with Gasteiger partial charge in [-0.1, -0.05) is 36.4 Å². The van der Waals surface area contributed by atoms with Crippen LogP contribution in [0.2, 0.25) is 0 Å². The monoisotopic (exact) mass is 365 g/mol. The Morgan fingerprint density at radius 2 is 1.77 bits per heavy atom. The Hall–Kier alpha value is -2.92. The van der Waals surface area contributed by atoms with Gasteiger partial charge in [-0.3, -0.25) is 4.79 Å². The summed E-state index contributed by atoms with van der Waals surface area (Å²) in [5, 5.41) is 5.19. The highest BCUT2D eigenvalue weighted by Crippen LogP contribution is 2.15. The van der Waals surface area contributed by atoms with Gasteiger partial charge in [0.05, 0.1) is 10.4 Å². The lowest BCUT2D eigenvalue weighted by atomic mass is 10.1. The van der Waals surface area contributed by atoms with Crippen molar-refractivity contribution in [3.63, 3.8) is 0 Å². The lowest BCUT2D eigenvalue weighted by Crippen LogP contribution is -2.13. The summed E-state index contributed by atoms with van der Waals surface area (Å²) >= 11 is 1.34. The minimum atomic E-state index is -0.492. The summed E-state index contributed by atoms with van der Waals surface area (Å²) < 4.78 is 5.10. The van der Waals surface area contributed by atoms with Gasteiger partial charge < -0.3 is 10.1 Å². The summed E-state index contributed by atoms with van der Waals surface area (Å²) in [5.74, 6) is -0.680. The number of carbonyl (C=O) groups excluding carboxylic acids is 2. The highest BCUT2D eigenvalue weighted by Gasteiger charge is 2.12. The number of carbonyl (C=O) groups is 2. The summed E-state index contributed by atoms with van der Waals surface area (Å²) in [7, 11) is 0. The number of rotatable bonds is 7. The quantitative estimate of drug-likeness (QED) is 0.487. The second-order valence-corrected chi connectivity index (χ2v) is 6.79. The second kappa shape index (κ2) is 8.45. The molecule has 0 spiro atoms. The van der Waals surface area contributed by atoms with E-state index in [9.17, 15) is 9.59 Å². The fourth-order valence-electron chi connectivity index (χ4n) is 2.45. The van der Waals surface area contributed by atoms with E-state index in [-0.39, 0.29) is 12.4 Å². The van der Waals surface area contributed by atoms with Crippen LogP contribution in [0.1, 0.15) is 31.2 Å². The standard InChI is InChI=1S/C21H19NO3S/c1-15-5-2-3-6-18(15)22-13-16-8-10-17(11-9-16)21(24)25-14-19(23)20-7-4-12-26-20/h2-12,22H,13-14H2,1H3. The van der Waals surface area contributed by atoms with E-state index >= 15 is 0 Å². The number of hydrogen-bond acceptors (Lipinski definition) is 5. The van der Waals surface area contributed by atoms with E-state index in [1.165, 1.54) is 16.9 Å². The number of ether oxygens (including phenoxy) is 1. The van der Waals surface area contributed by atoms with Gasteiger partial charge in [0, 0.05) is 12.2 Å². The molecule has 5 heteroatoms. The van der Waals surface area contributed by atoms with Crippen molar-refractivity contribution >= 4 is 28.8 Å². The van der Waals surface area contributed by atoms with E-state index in [4.69, 9.17) is 4.74 Å². The van der Waals surface area contributed by atoms with Crippen LogP contribution < -0.4 is 5.32 Å². The van der Waals surface area contributed by atoms with Crippen molar-refractivity contribution in [1.82, 2.24) is 0 Å². The van der Waals surface area contributed by atoms with E-state index < -0.39 is 5.97 Å². The fourth-order valence-corrected chi connectivity index (χ4v) is 3.10. The zero-order chi connectivity index (χ0) is 18.4. The SMILES string of the molecule is Cc1ccccc1NCc1ccc(C(=O)OCC(=O)c2cccs2)cc1. The highest BCUT2D eigenvalue weighted by atomic mass is 32.1. The third kappa shape index (κ3) is 4.58. The third-order valence-electron chi connectivity index (χ3n) is 3.95. The molecule has 0 saturated carbocycles. The Morgan fingerprint density at radius 3 is 2.46 bits per heavy atom. The molecule has 0 aliphatic heterocycles. The highest BCUT2D eigenvalue weighted by molar-refractivity contribution is 7.12. The minimum Gasteiger partial charge on any atom is -0.454 e. The number of nitrogens with one attached hydrogen (secondary N) is 1. The predicted octanol–water partition coefficient (Wildman–Crippen LogP) is 4.71. The molecule has 0 saturated heterocycles. The zero-order valence-corrected chi connectivity index (χ0v) is 15.2. The first kappa shape index (κ1) is 17.9. The van der Waals surface area contributed by atoms with Crippen LogP contribution in [-0.2, 0) is 11.3 Å². The maximum atomic E-state index is 12.1. The molecule has 0 bridgehead atoms. The zero-order valence-electron chi connectivity index (χ0n) is 14.4. The molecule has 0 fully saturated rings. The van der Waals surface area contributed by atoms with Gasteiger partial charge >= 0.3 is 5.97 Å². The molecule has 0 amide bonds. The van der Waals surface area contributed by atoms with Gasteiger partial charge in [0.15, 0.2) is 6.61 Å². The number of benzene rings is 2. The smallest absolute Gasteiger partial charge is 0.338 e. The molecule has 1 heterocycles. The maximum absolute atomic E-state index is 12.1. The first-order valence-corrected chi connectivity index (χ1v) is 9.14. The van der Waals surface area contributed by atoms with Crippen molar-refractivity contribution in [2.45, 2.75) is 13.5 Å². The van der Waals surface area contributed by atoms with Crippen LogP contribution in [0.5, 0.6) is 0 Å². The molecule has 3 aromatic rings. The summed E-state index contributed by atoms with van der Waals surface area (Å²) in [4.78, 5) is 24.5. The van der Waals surface area contributed by atoms with Crippen molar-refractivity contribution in [2.24, 2.45) is 0 Å². The first-order chi connectivity index (χ1) is 12.6. The molecule has 3 rings (SSSR count). The topological polar surface area (TPSA) is 55.4 Å². The van der Waals surface area contributed by atoms with Crippen molar-refractivity contribution < 1.29 is 14.3 Å². The number of Topliss-reactive ketones (excluding diaryl/α,β-unsaturated/α-hetero) is 1. The maximum Gasteiger partial charge on any atom is 0.338 e. The molecule has 0 atom stereocenters. The van der Waals surface area contributed by atoms with Crippen molar-refractivity contribution in [3.8, 4) is 0 Å². The lowest BCUT2D eigenvalue weighted by Gasteiger charge is -2.10.